The molecule has 0 aliphatic rings. The lowest BCUT2D eigenvalue weighted by Crippen LogP contribution is -2.01. The van der Waals surface area contributed by atoms with Gasteiger partial charge in [-0.05, 0) is 30.0 Å². The van der Waals surface area contributed by atoms with Crippen molar-refractivity contribution >= 4 is 34.3 Å². The van der Waals surface area contributed by atoms with Crippen molar-refractivity contribution < 1.29 is 19.1 Å². The van der Waals surface area contributed by atoms with Crippen LogP contribution in [0.2, 0.25) is 0 Å². The molecule has 0 N–H and O–H groups in total. The number of aromatic nitrogens is 1. The first-order valence-electron chi connectivity index (χ1n) is 8.61. The van der Waals surface area contributed by atoms with Gasteiger partial charge >= 0.3 is 11.9 Å². The summed E-state index contributed by atoms with van der Waals surface area (Å²) in [7, 11) is 1.36. The molecule has 1 aromatic carbocycles. The van der Waals surface area contributed by atoms with E-state index in [0.717, 1.165) is 29.1 Å². The zero-order valence-electron chi connectivity index (χ0n) is 14.9. The van der Waals surface area contributed by atoms with Gasteiger partial charge in [0, 0.05) is 23.4 Å². The highest BCUT2D eigenvalue weighted by molar-refractivity contribution is 6.08. The molecular weight excluding hydrogens is 330 g/mol. The van der Waals surface area contributed by atoms with Crippen molar-refractivity contribution in [3.05, 3.63) is 59.9 Å². The molecule has 0 aliphatic carbocycles. The van der Waals surface area contributed by atoms with Gasteiger partial charge in [-0.1, -0.05) is 37.6 Å². The van der Waals surface area contributed by atoms with Crippen LogP contribution in [0.4, 0.5) is 0 Å². The van der Waals surface area contributed by atoms with E-state index in [-0.39, 0.29) is 0 Å². The lowest BCUT2D eigenvalue weighted by molar-refractivity contribution is -0.137. The van der Waals surface area contributed by atoms with E-state index in [1.165, 1.54) is 13.2 Å². The Hall–Kier alpha value is -3.08. The molecule has 0 atom stereocenters. The van der Waals surface area contributed by atoms with Gasteiger partial charge in [-0.25, -0.2) is 9.59 Å². The Morgan fingerprint density at radius 1 is 1.19 bits per heavy atom. The van der Waals surface area contributed by atoms with E-state index >= 15 is 0 Å². The van der Waals surface area contributed by atoms with Crippen LogP contribution >= 0.6 is 0 Å². The summed E-state index contributed by atoms with van der Waals surface area (Å²) in [5.41, 5.74) is 1.93. The van der Waals surface area contributed by atoms with Gasteiger partial charge in [0.2, 0.25) is 0 Å². The van der Waals surface area contributed by atoms with Crippen LogP contribution in [0.1, 0.15) is 35.8 Å². The molecule has 5 heteroatoms. The molecule has 0 aliphatic heterocycles. The number of carbonyl (C=O) groups is 2. The van der Waals surface area contributed by atoms with Gasteiger partial charge in [0.15, 0.2) is 0 Å². The Labute approximate surface area is 151 Å². The topological polar surface area (TPSA) is 57.0 Å². The molecule has 0 unspecified atom stereocenters. The lowest BCUT2D eigenvalue weighted by Gasteiger charge is -2.05. The van der Waals surface area contributed by atoms with Gasteiger partial charge in [-0.15, -0.1) is 0 Å². The van der Waals surface area contributed by atoms with Crippen molar-refractivity contribution in [2.45, 2.75) is 19.8 Å². The van der Waals surface area contributed by atoms with E-state index in [0.29, 0.717) is 17.9 Å². The van der Waals surface area contributed by atoms with E-state index in [1.54, 1.807) is 12.1 Å². The smallest absolute Gasteiger partial charge is 0.340 e. The SMILES string of the molecule is CCCCOC(=O)/C=C/c1cc(C(=O)OC)c2c3ccccc3ccn12. The van der Waals surface area contributed by atoms with Crippen molar-refractivity contribution in [1.82, 2.24) is 4.40 Å². The second-order valence-electron chi connectivity index (χ2n) is 5.95. The zero-order valence-corrected chi connectivity index (χ0v) is 14.9. The van der Waals surface area contributed by atoms with E-state index in [9.17, 15) is 9.59 Å². The number of unbranched alkanes of at least 4 members (excludes halogenated alkanes) is 1. The maximum absolute atomic E-state index is 12.2. The van der Waals surface area contributed by atoms with Gasteiger partial charge in [-0.3, -0.25) is 0 Å². The predicted octanol–water partition coefficient (Wildman–Crippen LogP) is 4.24. The first kappa shape index (κ1) is 17.7. The molecule has 26 heavy (non-hydrogen) atoms. The molecule has 0 radical (unpaired) electrons. The van der Waals surface area contributed by atoms with Crippen molar-refractivity contribution in [2.24, 2.45) is 0 Å². The molecule has 5 nitrogen and oxygen atoms in total. The average Bonchev–Trinajstić information content (AvgIpc) is 3.05. The molecule has 2 heterocycles. The number of methoxy groups -OCH3 is 1. The summed E-state index contributed by atoms with van der Waals surface area (Å²) in [5.74, 6) is -0.808. The minimum atomic E-state index is -0.413. The van der Waals surface area contributed by atoms with Crippen LogP contribution in [0.3, 0.4) is 0 Å². The standard InChI is InChI=1S/C21H21NO4/c1-3-4-13-26-19(23)10-9-16-14-18(21(24)25-2)20-17-8-6-5-7-15(17)11-12-22(16)20/h5-12,14H,3-4,13H2,1-2H3/b10-9+. The summed E-state index contributed by atoms with van der Waals surface area (Å²) in [4.78, 5) is 24.1. The maximum atomic E-state index is 12.2. The number of nitrogens with zero attached hydrogens (tertiary/aromatic N) is 1. The molecule has 0 spiro atoms. The summed E-state index contributed by atoms with van der Waals surface area (Å²) in [6.45, 7) is 2.45. The van der Waals surface area contributed by atoms with Gasteiger partial charge in [-0.2, -0.15) is 0 Å². The highest BCUT2D eigenvalue weighted by atomic mass is 16.5. The summed E-state index contributed by atoms with van der Waals surface area (Å²) >= 11 is 0. The number of benzene rings is 1. The number of fused-ring (bicyclic) bond motifs is 3. The van der Waals surface area contributed by atoms with E-state index in [4.69, 9.17) is 9.47 Å². The quantitative estimate of drug-likeness (QED) is 0.379. The first-order chi connectivity index (χ1) is 12.7. The van der Waals surface area contributed by atoms with Crippen LogP contribution in [0.15, 0.2) is 48.7 Å². The first-order valence-corrected chi connectivity index (χ1v) is 8.61. The summed E-state index contributed by atoms with van der Waals surface area (Å²) in [6, 6.07) is 11.5. The summed E-state index contributed by atoms with van der Waals surface area (Å²) in [6.07, 6.45) is 6.73. The fraction of sp³-hybridized carbons (Fsp3) is 0.238. The molecule has 0 saturated heterocycles. The Balaban J connectivity index is 2.05. The Morgan fingerprint density at radius 2 is 2.00 bits per heavy atom. The number of pyridine rings is 1. The van der Waals surface area contributed by atoms with Gasteiger partial charge in [0.05, 0.1) is 24.8 Å². The molecular formula is C21H21NO4. The van der Waals surface area contributed by atoms with Crippen LogP contribution < -0.4 is 0 Å². The zero-order chi connectivity index (χ0) is 18.5. The second kappa shape index (κ2) is 7.87. The third kappa shape index (κ3) is 3.47. The van der Waals surface area contributed by atoms with Crippen LogP contribution in [-0.2, 0) is 14.3 Å². The van der Waals surface area contributed by atoms with Crippen LogP contribution in [0.25, 0.3) is 22.4 Å². The second-order valence-corrected chi connectivity index (χ2v) is 5.95. The molecule has 0 fully saturated rings. The summed E-state index contributed by atoms with van der Waals surface area (Å²) in [5, 5.41) is 1.97. The average molecular weight is 351 g/mol. The monoisotopic (exact) mass is 351 g/mol. The number of ether oxygens (including phenoxy) is 2. The minimum Gasteiger partial charge on any atom is -0.465 e. The highest BCUT2D eigenvalue weighted by Crippen LogP contribution is 2.27. The third-order valence-electron chi connectivity index (χ3n) is 4.22. The molecule has 134 valence electrons. The Kier molecular flexibility index (Phi) is 5.37. The molecule has 0 bridgehead atoms. The van der Waals surface area contributed by atoms with E-state index in [2.05, 4.69) is 0 Å². The number of esters is 2. The van der Waals surface area contributed by atoms with Crippen molar-refractivity contribution in [1.29, 1.82) is 0 Å². The third-order valence-corrected chi connectivity index (χ3v) is 4.22. The largest absolute Gasteiger partial charge is 0.465 e. The number of hydrogen-bond donors (Lipinski definition) is 0. The van der Waals surface area contributed by atoms with Crippen molar-refractivity contribution in [3.8, 4) is 0 Å². The van der Waals surface area contributed by atoms with E-state index in [1.807, 2.05) is 47.9 Å². The maximum Gasteiger partial charge on any atom is 0.340 e. The van der Waals surface area contributed by atoms with Crippen LogP contribution in [-0.4, -0.2) is 30.1 Å². The highest BCUT2D eigenvalue weighted by Gasteiger charge is 2.17. The predicted molar refractivity (Wildman–Crippen MR) is 101 cm³/mol. The minimum absolute atomic E-state index is 0.395. The molecule has 3 aromatic rings. The lowest BCUT2D eigenvalue weighted by atomic mass is 10.1. The van der Waals surface area contributed by atoms with Crippen LogP contribution in [0, 0.1) is 0 Å². The molecule has 2 aromatic heterocycles. The van der Waals surface area contributed by atoms with E-state index < -0.39 is 11.9 Å². The van der Waals surface area contributed by atoms with Crippen LogP contribution in [0.5, 0.6) is 0 Å². The number of carbonyl (C=O) groups excluding carboxylic acids is 2. The van der Waals surface area contributed by atoms with Gasteiger partial charge < -0.3 is 13.9 Å². The molecule has 0 amide bonds. The van der Waals surface area contributed by atoms with Gasteiger partial charge in [0.1, 0.15) is 0 Å². The summed E-state index contributed by atoms with van der Waals surface area (Å²) < 4.78 is 11.9. The fourth-order valence-corrected chi connectivity index (χ4v) is 2.91. The van der Waals surface area contributed by atoms with Crippen molar-refractivity contribution in [2.75, 3.05) is 13.7 Å². The molecule has 3 rings (SSSR count). The Bertz CT molecular complexity index is 984. The number of rotatable bonds is 6. The Morgan fingerprint density at radius 3 is 2.77 bits per heavy atom. The van der Waals surface area contributed by atoms with Crippen molar-refractivity contribution in [3.63, 3.8) is 0 Å². The number of hydrogen-bond acceptors (Lipinski definition) is 4. The normalized spacial score (nSPS) is 11.3. The van der Waals surface area contributed by atoms with Gasteiger partial charge in [0.25, 0.3) is 0 Å². The fourth-order valence-electron chi connectivity index (χ4n) is 2.91. The molecule has 0 saturated carbocycles.